The standard InChI is InChI=1S/C11H16N2OS/c1-2-8-3-4-9(15-8)7-13-10(14)11(12)5-6-11/h3-4H,2,5-7,12H2,1H3,(H,13,14). The molecule has 1 aliphatic carbocycles. The average molecular weight is 224 g/mol. The third kappa shape index (κ3) is 2.38. The summed E-state index contributed by atoms with van der Waals surface area (Å²) in [7, 11) is 0. The van der Waals surface area contributed by atoms with Crippen molar-refractivity contribution >= 4 is 17.2 Å². The van der Waals surface area contributed by atoms with Gasteiger partial charge < -0.3 is 11.1 Å². The van der Waals surface area contributed by atoms with Crippen molar-refractivity contribution in [1.82, 2.24) is 5.32 Å². The summed E-state index contributed by atoms with van der Waals surface area (Å²) in [6, 6.07) is 4.18. The predicted molar refractivity (Wildman–Crippen MR) is 61.7 cm³/mol. The smallest absolute Gasteiger partial charge is 0.240 e. The Morgan fingerprint density at radius 1 is 1.53 bits per heavy atom. The highest BCUT2D eigenvalue weighted by atomic mass is 32.1. The Kier molecular flexibility index (Phi) is 2.80. The van der Waals surface area contributed by atoms with Gasteiger partial charge in [0.25, 0.3) is 0 Å². The molecular formula is C11H16N2OS. The van der Waals surface area contributed by atoms with Gasteiger partial charge in [-0.15, -0.1) is 11.3 Å². The Balaban J connectivity index is 1.85. The van der Waals surface area contributed by atoms with Crippen LogP contribution in [-0.2, 0) is 17.8 Å². The van der Waals surface area contributed by atoms with Gasteiger partial charge in [-0.3, -0.25) is 4.79 Å². The molecule has 1 aromatic rings. The zero-order chi connectivity index (χ0) is 10.9. The van der Waals surface area contributed by atoms with Gasteiger partial charge in [-0.25, -0.2) is 0 Å². The van der Waals surface area contributed by atoms with E-state index in [1.807, 2.05) is 0 Å². The Morgan fingerprint density at radius 2 is 2.20 bits per heavy atom. The lowest BCUT2D eigenvalue weighted by Gasteiger charge is -2.08. The van der Waals surface area contributed by atoms with Crippen LogP contribution >= 0.6 is 11.3 Å². The fourth-order valence-corrected chi connectivity index (χ4v) is 2.31. The molecule has 3 N–H and O–H groups in total. The zero-order valence-electron chi connectivity index (χ0n) is 8.88. The minimum Gasteiger partial charge on any atom is -0.350 e. The molecule has 15 heavy (non-hydrogen) atoms. The van der Waals surface area contributed by atoms with Crippen LogP contribution in [-0.4, -0.2) is 11.4 Å². The summed E-state index contributed by atoms with van der Waals surface area (Å²) in [6.07, 6.45) is 2.70. The van der Waals surface area contributed by atoms with E-state index in [9.17, 15) is 4.79 Å². The van der Waals surface area contributed by atoms with E-state index in [2.05, 4.69) is 24.4 Å². The van der Waals surface area contributed by atoms with E-state index < -0.39 is 5.54 Å². The number of carbonyl (C=O) groups excluding carboxylic acids is 1. The number of nitrogens with two attached hydrogens (primary N) is 1. The molecule has 0 bridgehead atoms. The number of aryl methyl sites for hydroxylation is 1. The molecule has 1 aromatic heterocycles. The summed E-state index contributed by atoms with van der Waals surface area (Å²) in [5.41, 5.74) is 5.23. The number of thiophene rings is 1. The van der Waals surface area contributed by atoms with Crippen molar-refractivity contribution in [1.29, 1.82) is 0 Å². The van der Waals surface area contributed by atoms with Crippen molar-refractivity contribution in [3.63, 3.8) is 0 Å². The van der Waals surface area contributed by atoms with Gasteiger partial charge in [0.05, 0.1) is 12.1 Å². The molecule has 0 aliphatic heterocycles. The highest BCUT2D eigenvalue weighted by Crippen LogP contribution is 2.32. The molecule has 0 aromatic carbocycles. The first-order chi connectivity index (χ1) is 7.14. The molecular weight excluding hydrogens is 208 g/mol. The van der Waals surface area contributed by atoms with Crippen molar-refractivity contribution in [2.75, 3.05) is 0 Å². The normalized spacial score (nSPS) is 17.5. The number of hydrogen-bond acceptors (Lipinski definition) is 3. The second kappa shape index (κ2) is 3.94. The van der Waals surface area contributed by atoms with Gasteiger partial charge in [0, 0.05) is 9.75 Å². The van der Waals surface area contributed by atoms with Crippen molar-refractivity contribution < 1.29 is 4.79 Å². The molecule has 1 heterocycles. The molecule has 0 atom stereocenters. The lowest BCUT2D eigenvalue weighted by atomic mass is 10.3. The second-order valence-electron chi connectivity index (χ2n) is 4.06. The van der Waals surface area contributed by atoms with Gasteiger partial charge in [-0.05, 0) is 31.4 Å². The Morgan fingerprint density at radius 3 is 2.73 bits per heavy atom. The molecule has 0 spiro atoms. The third-order valence-corrected chi connectivity index (χ3v) is 3.96. The topological polar surface area (TPSA) is 55.1 Å². The molecule has 82 valence electrons. The van der Waals surface area contributed by atoms with Crippen LogP contribution in [0.25, 0.3) is 0 Å². The number of nitrogens with one attached hydrogen (secondary N) is 1. The summed E-state index contributed by atoms with van der Waals surface area (Å²) in [5.74, 6) is -0.00560. The molecule has 0 unspecified atom stereocenters. The Hall–Kier alpha value is -0.870. The van der Waals surface area contributed by atoms with Crippen LogP contribution < -0.4 is 11.1 Å². The van der Waals surface area contributed by atoms with Crippen molar-refractivity contribution in [3.8, 4) is 0 Å². The lowest BCUT2D eigenvalue weighted by molar-refractivity contribution is -0.123. The monoisotopic (exact) mass is 224 g/mol. The van der Waals surface area contributed by atoms with Crippen LogP contribution in [0, 0.1) is 0 Å². The highest BCUT2D eigenvalue weighted by Gasteiger charge is 2.45. The van der Waals surface area contributed by atoms with Crippen LogP contribution in [0.2, 0.25) is 0 Å². The van der Waals surface area contributed by atoms with Crippen LogP contribution in [0.1, 0.15) is 29.5 Å². The van der Waals surface area contributed by atoms with Gasteiger partial charge in [0.15, 0.2) is 0 Å². The molecule has 3 nitrogen and oxygen atoms in total. The van der Waals surface area contributed by atoms with Gasteiger partial charge in [-0.1, -0.05) is 6.92 Å². The van der Waals surface area contributed by atoms with E-state index in [1.54, 1.807) is 11.3 Å². The Labute approximate surface area is 93.7 Å². The van der Waals surface area contributed by atoms with Gasteiger partial charge in [-0.2, -0.15) is 0 Å². The maximum absolute atomic E-state index is 11.5. The number of hydrogen-bond donors (Lipinski definition) is 2. The van der Waals surface area contributed by atoms with Crippen molar-refractivity contribution in [2.24, 2.45) is 5.73 Å². The van der Waals surface area contributed by atoms with Crippen LogP contribution in [0.3, 0.4) is 0 Å². The van der Waals surface area contributed by atoms with Crippen molar-refractivity contribution in [2.45, 2.75) is 38.3 Å². The molecule has 1 fully saturated rings. The Bertz CT molecular complexity index is 368. The van der Waals surface area contributed by atoms with Crippen LogP contribution in [0.4, 0.5) is 0 Å². The van der Waals surface area contributed by atoms with Crippen molar-refractivity contribution in [3.05, 3.63) is 21.9 Å². The van der Waals surface area contributed by atoms with E-state index in [0.717, 1.165) is 19.3 Å². The molecule has 1 amide bonds. The summed E-state index contributed by atoms with van der Waals surface area (Å²) in [6.45, 7) is 2.75. The zero-order valence-corrected chi connectivity index (χ0v) is 9.69. The number of carbonyl (C=O) groups is 1. The first kappa shape index (κ1) is 10.6. The van der Waals surface area contributed by atoms with E-state index in [4.69, 9.17) is 5.73 Å². The van der Waals surface area contributed by atoms with Gasteiger partial charge in [0.2, 0.25) is 5.91 Å². The van der Waals surface area contributed by atoms with Crippen LogP contribution in [0.15, 0.2) is 12.1 Å². The SMILES string of the molecule is CCc1ccc(CNC(=O)C2(N)CC2)s1. The fourth-order valence-electron chi connectivity index (χ4n) is 1.41. The quantitative estimate of drug-likeness (QED) is 0.812. The minimum absolute atomic E-state index is 0.00560. The minimum atomic E-state index is -0.551. The summed E-state index contributed by atoms with van der Waals surface area (Å²) in [4.78, 5) is 14.1. The summed E-state index contributed by atoms with van der Waals surface area (Å²) < 4.78 is 0. The molecule has 4 heteroatoms. The number of amides is 1. The fraction of sp³-hybridized carbons (Fsp3) is 0.545. The molecule has 1 saturated carbocycles. The van der Waals surface area contributed by atoms with E-state index in [0.29, 0.717) is 6.54 Å². The van der Waals surface area contributed by atoms with E-state index >= 15 is 0 Å². The van der Waals surface area contributed by atoms with E-state index in [1.165, 1.54) is 9.75 Å². The molecule has 0 saturated heterocycles. The second-order valence-corrected chi connectivity index (χ2v) is 5.31. The maximum atomic E-state index is 11.5. The maximum Gasteiger partial charge on any atom is 0.240 e. The molecule has 2 rings (SSSR count). The average Bonchev–Trinajstić information content (AvgIpc) is 2.83. The van der Waals surface area contributed by atoms with Gasteiger partial charge >= 0.3 is 0 Å². The summed E-state index contributed by atoms with van der Waals surface area (Å²) >= 11 is 1.75. The van der Waals surface area contributed by atoms with E-state index in [-0.39, 0.29) is 5.91 Å². The van der Waals surface area contributed by atoms with Crippen LogP contribution in [0.5, 0.6) is 0 Å². The largest absolute Gasteiger partial charge is 0.350 e. The molecule has 1 aliphatic rings. The van der Waals surface area contributed by atoms with Gasteiger partial charge in [0.1, 0.15) is 0 Å². The lowest BCUT2D eigenvalue weighted by Crippen LogP contribution is -2.42. The number of rotatable bonds is 4. The third-order valence-electron chi connectivity index (χ3n) is 2.73. The molecule has 0 radical (unpaired) electrons. The predicted octanol–water partition coefficient (Wildman–Crippen LogP) is 1.42. The first-order valence-corrected chi connectivity index (χ1v) is 6.10. The first-order valence-electron chi connectivity index (χ1n) is 5.29. The highest BCUT2D eigenvalue weighted by molar-refractivity contribution is 7.11. The summed E-state index contributed by atoms with van der Waals surface area (Å²) in [5, 5.41) is 2.89.